The molecule has 1 aliphatic heterocycles. The molecular formula is C16H30N2O2. The van der Waals surface area contributed by atoms with Gasteiger partial charge in [-0.3, -0.25) is 4.79 Å². The van der Waals surface area contributed by atoms with E-state index in [-0.39, 0.29) is 12.0 Å². The zero-order valence-corrected chi connectivity index (χ0v) is 12.9. The number of ether oxygens (including phenoxy) is 1. The van der Waals surface area contributed by atoms with Crippen LogP contribution in [0.4, 0.5) is 0 Å². The highest BCUT2D eigenvalue weighted by Crippen LogP contribution is 2.29. The van der Waals surface area contributed by atoms with Crippen molar-refractivity contribution in [2.45, 2.75) is 58.0 Å². The molecule has 2 aliphatic rings. The van der Waals surface area contributed by atoms with Crippen molar-refractivity contribution >= 4 is 5.91 Å². The molecule has 2 fully saturated rings. The Labute approximate surface area is 123 Å². The van der Waals surface area contributed by atoms with Gasteiger partial charge in [0.2, 0.25) is 0 Å². The van der Waals surface area contributed by atoms with Crippen LogP contribution in [0.25, 0.3) is 0 Å². The van der Waals surface area contributed by atoms with Crippen LogP contribution in [0, 0.1) is 11.8 Å². The van der Waals surface area contributed by atoms with E-state index in [0.717, 1.165) is 32.5 Å². The third-order valence-corrected chi connectivity index (χ3v) is 4.95. The zero-order chi connectivity index (χ0) is 14.4. The van der Waals surface area contributed by atoms with Crippen LogP contribution < -0.4 is 5.73 Å². The highest BCUT2D eigenvalue weighted by atomic mass is 16.5. The lowest BCUT2D eigenvalue weighted by molar-refractivity contribution is -0.145. The van der Waals surface area contributed by atoms with Crippen LogP contribution in [0.2, 0.25) is 0 Å². The number of likely N-dealkylation sites (tertiary alicyclic amines) is 1. The van der Waals surface area contributed by atoms with E-state index in [0.29, 0.717) is 18.4 Å². The largest absolute Gasteiger partial charge is 0.368 e. The van der Waals surface area contributed by atoms with Gasteiger partial charge in [-0.25, -0.2) is 0 Å². The first-order valence-corrected chi connectivity index (χ1v) is 8.33. The predicted molar refractivity (Wildman–Crippen MR) is 80.3 cm³/mol. The lowest BCUT2D eigenvalue weighted by Crippen LogP contribution is -2.43. The molecule has 116 valence electrons. The van der Waals surface area contributed by atoms with Gasteiger partial charge in [0.1, 0.15) is 6.10 Å². The molecule has 2 N–H and O–H groups in total. The first kappa shape index (κ1) is 15.8. The first-order valence-electron chi connectivity index (χ1n) is 8.33. The Balaban J connectivity index is 1.75. The van der Waals surface area contributed by atoms with Crippen LogP contribution in [-0.2, 0) is 9.53 Å². The van der Waals surface area contributed by atoms with Crippen molar-refractivity contribution in [1.29, 1.82) is 0 Å². The molecule has 1 amide bonds. The van der Waals surface area contributed by atoms with E-state index in [2.05, 4.69) is 0 Å². The highest BCUT2D eigenvalue weighted by Gasteiger charge is 2.27. The minimum atomic E-state index is -0.298. The van der Waals surface area contributed by atoms with Crippen LogP contribution in [0.1, 0.15) is 51.9 Å². The van der Waals surface area contributed by atoms with Crippen molar-refractivity contribution in [1.82, 2.24) is 4.90 Å². The molecule has 2 rings (SSSR count). The highest BCUT2D eigenvalue weighted by molar-refractivity contribution is 5.80. The minimum absolute atomic E-state index is 0.171. The fourth-order valence-corrected chi connectivity index (χ4v) is 3.52. The van der Waals surface area contributed by atoms with Crippen molar-refractivity contribution in [3.05, 3.63) is 0 Å². The summed E-state index contributed by atoms with van der Waals surface area (Å²) in [5.41, 5.74) is 5.85. The van der Waals surface area contributed by atoms with E-state index in [4.69, 9.17) is 10.5 Å². The molecule has 0 bridgehead atoms. The summed E-state index contributed by atoms with van der Waals surface area (Å²) >= 11 is 0. The summed E-state index contributed by atoms with van der Waals surface area (Å²) in [5.74, 6) is 1.30. The summed E-state index contributed by atoms with van der Waals surface area (Å²) < 4.78 is 5.88. The maximum absolute atomic E-state index is 12.3. The van der Waals surface area contributed by atoms with Gasteiger partial charge in [-0.1, -0.05) is 12.8 Å². The molecule has 3 unspecified atom stereocenters. The second kappa shape index (κ2) is 7.99. The van der Waals surface area contributed by atoms with Crippen LogP contribution in [0.5, 0.6) is 0 Å². The lowest BCUT2D eigenvalue weighted by atomic mass is 9.80. The van der Waals surface area contributed by atoms with Gasteiger partial charge in [-0.15, -0.1) is 0 Å². The molecule has 20 heavy (non-hydrogen) atoms. The normalized spacial score (nSPS) is 29.2. The van der Waals surface area contributed by atoms with Gasteiger partial charge in [0, 0.05) is 13.1 Å². The quantitative estimate of drug-likeness (QED) is 0.841. The number of amides is 1. The smallest absolute Gasteiger partial charge is 0.251 e. The third-order valence-electron chi connectivity index (χ3n) is 4.95. The molecule has 0 spiro atoms. The van der Waals surface area contributed by atoms with Gasteiger partial charge in [0.25, 0.3) is 5.91 Å². The Morgan fingerprint density at radius 1 is 1.15 bits per heavy atom. The second-order valence-electron chi connectivity index (χ2n) is 6.40. The molecule has 0 aromatic carbocycles. The number of piperidine rings is 1. The molecule has 1 heterocycles. The van der Waals surface area contributed by atoms with Gasteiger partial charge in [-0.2, -0.15) is 0 Å². The summed E-state index contributed by atoms with van der Waals surface area (Å²) in [6.07, 6.45) is 8.21. The van der Waals surface area contributed by atoms with Crippen molar-refractivity contribution < 1.29 is 9.53 Å². The third kappa shape index (κ3) is 4.19. The monoisotopic (exact) mass is 282 g/mol. The molecule has 0 radical (unpaired) electrons. The van der Waals surface area contributed by atoms with E-state index in [1.165, 1.54) is 32.1 Å². The molecule has 4 heteroatoms. The lowest BCUT2D eigenvalue weighted by Gasteiger charge is -2.33. The number of hydrogen-bond donors (Lipinski definition) is 1. The minimum Gasteiger partial charge on any atom is -0.368 e. The van der Waals surface area contributed by atoms with E-state index in [9.17, 15) is 4.79 Å². The van der Waals surface area contributed by atoms with Crippen molar-refractivity contribution in [2.24, 2.45) is 17.6 Å². The second-order valence-corrected chi connectivity index (χ2v) is 6.40. The number of hydrogen-bond acceptors (Lipinski definition) is 3. The SMILES string of the molecule is CC(OCC1CCCCC1CN)C(=O)N1CCCCC1. The summed E-state index contributed by atoms with van der Waals surface area (Å²) in [7, 11) is 0. The number of nitrogens with zero attached hydrogens (tertiary/aromatic N) is 1. The predicted octanol–water partition coefficient (Wildman–Crippen LogP) is 2.17. The van der Waals surface area contributed by atoms with Crippen LogP contribution in [-0.4, -0.2) is 43.2 Å². The first-order chi connectivity index (χ1) is 9.72. The van der Waals surface area contributed by atoms with E-state index in [1.54, 1.807) is 0 Å². The Kier molecular flexibility index (Phi) is 6.30. The molecule has 3 atom stereocenters. The Bertz CT molecular complexity index is 303. The average molecular weight is 282 g/mol. The van der Waals surface area contributed by atoms with Gasteiger partial charge in [-0.05, 0) is 57.4 Å². The standard InChI is InChI=1S/C16H30N2O2/c1-13(16(19)18-9-5-2-6-10-18)20-12-15-8-4-3-7-14(15)11-17/h13-15H,2-12,17H2,1H3. The maximum atomic E-state index is 12.3. The molecule has 4 nitrogen and oxygen atoms in total. The summed E-state index contributed by atoms with van der Waals surface area (Å²) in [6, 6.07) is 0. The number of carbonyl (C=O) groups excluding carboxylic acids is 1. The van der Waals surface area contributed by atoms with Gasteiger partial charge in [0.15, 0.2) is 0 Å². The van der Waals surface area contributed by atoms with Crippen LogP contribution in [0.3, 0.4) is 0 Å². The summed E-state index contributed by atoms with van der Waals surface area (Å²) in [5, 5.41) is 0. The van der Waals surface area contributed by atoms with Gasteiger partial charge in [0.05, 0.1) is 6.61 Å². The van der Waals surface area contributed by atoms with E-state index in [1.807, 2.05) is 11.8 Å². The molecule has 1 aliphatic carbocycles. The van der Waals surface area contributed by atoms with Crippen molar-refractivity contribution in [2.75, 3.05) is 26.2 Å². The number of carbonyl (C=O) groups is 1. The zero-order valence-electron chi connectivity index (χ0n) is 12.9. The Hall–Kier alpha value is -0.610. The molecular weight excluding hydrogens is 252 g/mol. The van der Waals surface area contributed by atoms with E-state index < -0.39 is 0 Å². The van der Waals surface area contributed by atoms with Crippen molar-refractivity contribution in [3.8, 4) is 0 Å². The Morgan fingerprint density at radius 2 is 1.80 bits per heavy atom. The van der Waals surface area contributed by atoms with Crippen LogP contribution in [0.15, 0.2) is 0 Å². The number of rotatable bonds is 5. The van der Waals surface area contributed by atoms with Crippen LogP contribution >= 0.6 is 0 Å². The summed E-state index contributed by atoms with van der Waals surface area (Å²) in [6.45, 7) is 5.16. The van der Waals surface area contributed by atoms with Crippen molar-refractivity contribution in [3.63, 3.8) is 0 Å². The van der Waals surface area contributed by atoms with Gasteiger partial charge < -0.3 is 15.4 Å². The number of nitrogens with two attached hydrogens (primary N) is 1. The fraction of sp³-hybridized carbons (Fsp3) is 0.938. The Morgan fingerprint density at radius 3 is 2.45 bits per heavy atom. The molecule has 0 aromatic heterocycles. The maximum Gasteiger partial charge on any atom is 0.251 e. The fourth-order valence-electron chi connectivity index (χ4n) is 3.52. The van der Waals surface area contributed by atoms with E-state index >= 15 is 0 Å². The molecule has 1 saturated carbocycles. The van der Waals surface area contributed by atoms with Gasteiger partial charge >= 0.3 is 0 Å². The average Bonchev–Trinajstić information content (AvgIpc) is 2.53. The summed E-state index contributed by atoms with van der Waals surface area (Å²) in [4.78, 5) is 14.3. The topological polar surface area (TPSA) is 55.6 Å². The molecule has 1 saturated heterocycles. The molecule has 0 aromatic rings.